The molecule has 0 spiro atoms. The Morgan fingerprint density at radius 1 is 1.06 bits per heavy atom. The zero-order chi connectivity index (χ0) is 22.5. The van der Waals surface area contributed by atoms with Gasteiger partial charge in [-0.3, -0.25) is 4.79 Å². The van der Waals surface area contributed by atoms with Crippen molar-refractivity contribution in [3.63, 3.8) is 0 Å². The van der Waals surface area contributed by atoms with Crippen molar-refractivity contribution in [2.75, 3.05) is 52.5 Å². The first-order valence-corrected chi connectivity index (χ1v) is 10.4. The van der Waals surface area contributed by atoms with E-state index in [-0.39, 0.29) is 11.6 Å². The molecule has 0 bridgehead atoms. The molecule has 0 radical (unpaired) electrons. The van der Waals surface area contributed by atoms with E-state index < -0.39 is 0 Å². The largest absolute Gasteiger partial charge is 0.497 e. The van der Waals surface area contributed by atoms with Crippen molar-refractivity contribution < 1.29 is 23.5 Å². The fourth-order valence-corrected chi connectivity index (χ4v) is 3.68. The van der Waals surface area contributed by atoms with Crippen LogP contribution in [0.1, 0.15) is 16.1 Å². The lowest BCUT2D eigenvalue weighted by Gasteiger charge is -2.29. The van der Waals surface area contributed by atoms with Crippen LogP contribution < -0.4 is 14.4 Å². The zero-order valence-electron chi connectivity index (χ0n) is 18.5. The quantitative estimate of drug-likeness (QED) is 0.560. The number of morpholine rings is 1. The van der Waals surface area contributed by atoms with Crippen molar-refractivity contribution in [3.05, 3.63) is 59.8 Å². The molecule has 0 saturated carbocycles. The number of ether oxygens (including phenoxy) is 3. The molecule has 2 heterocycles. The van der Waals surface area contributed by atoms with Gasteiger partial charge in [-0.2, -0.15) is 0 Å². The van der Waals surface area contributed by atoms with Gasteiger partial charge in [0.1, 0.15) is 11.5 Å². The smallest absolute Gasteiger partial charge is 0.276 e. The van der Waals surface area contributed by atoms with E-state index in [1.54, 1.807) is 50.4 Å². The lowest BCUT2D eigenvalue weighted by atomic mass is 10.1. The highest BCUT2D eigenvalue weighted by atomic mass is 16.5. The lowest BCUT2D eigenvalue weighted by Crippen LogP contribution is -2.36. The minimum atomic E-state index is -0.223. The van der Waals surface area contributed by atoms with Crippen molar-refractivity contribution in [3.8, 4) is 22.8 Å². The Labute approximate surface area is 187 Å². The number of benzene rings is 2. The number of amides is 1. The fraction of sp³-hybridized carbons (Fsp3) is 0.333. The number of carbonyl (C=O) groups excluding carboxylic acids is 1. The molecule has 3 aromatic rings. The van der Waals surface area contributed by atoms with Crippen LogP contribution in [0.25, 0.3) is 11.3 Å². The van der Waals surface area contributed by atoms with Crippen molar-refractivity contribution >= 4 is 11.6 Å². The molecule has 8 heteroatoms. The predicted octanol–water partition coefficient (Wildman–Crippen LogP) is 3.47. The molecule has 1 saturated heterocycles. The van der Waals surface area contributed by atoms with Gasteiger partial charge in [0.15, 0.2) is 11.5 Å². The third kappa shape index (κ3) is 4.70. The van der Waals surface area contributed by atoms with Crippen molar-refractivity contribution in [2.24, 2.45) is 0 Å². The Balaban J connectivity index is 1.44. The third-order valence-corrected chi connectivity index (χ3v) is 5.48. The number of methoxy groups -OCH3 is 2. The van der Waals surface area contributed by atoms with E-state index in [1.165, 1.54) is 5.69 Å². The first-order valence-electron chi connectivity index (χ1n) is 10.4. The molecule has 0 unspecified atom stereocenters. The molecule has 32 heavy (non-hydrogen) atoms. The monoisotopic (exact) mass is 437 g/mol. The van der Waals surface area contributed by atoms with Gasteiger partial charge >= 0.3 is 0 Å². The summed E-state index contributed by atoms with van der Waals surface area (Å²) in [6, 6.07) is 15.2. The standard InChI is InChI=1S/C24H27N3O5/c1-26(16-17-4-6-18(7-5-17)27-10-12-31-13-11-27)24(28)21-15-23(32-25-21)20-14-19(29-2)8-9-22(20)30-3/h4-9,14-15H,10-13,16H2,1-3H3. The molecule has 4 rings (SSSR count). The van der Waals surface area contributed by atoms with Crippen LogP contribution in [0.4, 0.5) is 5.69 Å². The first-order chi connectivity index (χ1) is 15.6. The second kappa shape index (κ2) is 9.74. The van der Waals surface area contributed by atoms with Gasteiger partial charge in [0, 0.05) is 38.4 Å². The molecule has 1 aromatic heterocycles. The molecule has 1 aliphatic heterocycles. The van der Waals surface area contributed by atoms with Gasteiger partial charge in [-0.05, 0) is 35.9 Å². The van der Waals surface area contributed by atoms with Gasteiger partial charge in [0.25, 0.3) is 5.91 Å². The Morgan fingerprint density at radius 2 is 1.81 bits per heavy atom. The van der Waals surface area contributed by atoms with Crippen LogP contribution in [-0.2, 0) is 11.3 Å². The average molecular weight is 437 g/mol. The van der Waals surface area contributed by atoms with Gasteiger partial charge in [0.2, 0.25) is 0 Å². The summed E-state index contributed by atoms with van der Waals surface area (Å²) in [5.74, 6) is 1.48. The topological polar surface area (TPSA) is 77.3 Å². The number of hydrogen-bond donors (Lipinski definition) is 0. The Morgan fingerprint density at radius 3 is 2.50 bits per heavy atom. The number of hydrogen-bond acceptors (Lipinski definition) is 7. The van der Waals surface area contributed by atoms with E-state index in [1.807, 2.05) is 12.1 Å². The first kappa shape index (κ1) is 21.7. The summed E-state index contributed by atoms with van der Waals surface area (Å²) in [5.41, 5.74) is 3.10. The molecule has 1 amide bonds. The van der Waals surface area contributed by atoms with Crippen LogP contribution in [0, 0.1) is 0 Å². The summed E-state index contributed by atoms with van der Waals surface area (Å²) >= 11 is 0. The summed E-state index contributed by atoms with van der Waals surface area (Å²) in [6.07, 6.45) is 0. The van der Waals surface area contributed by atoms with Gasteiger partial charge in [-0.25, -0.2) is 0 Å². The summed E-state index contributed by atoms with van der Waals surface area (Å²) in [4.78, 5) is 16.8. The van der Waals surface area contributed by atoms with E-state index in [0.717, 1.165) is 31.9 Å². The SMILES string of the molecule is COc1ccc(OC)c(-c2cc(C(=O)N(C)Cc3ccc(N4CCOCC4)cc3)no2)c1. The number of anilines is 1. The number of aromatic nitrogens is 1. The summed E-state index contributed by atoms with van der Waals surface area (Å²) in [7, 11) is 4.91. The van der Waals surface area contributed by atoms with Crippen LogP contribution in [0.5, 0.6) is 11.5 Å². The molecule has 8 nitrogen and oxygen atoms in total. The van der Waals surface area contributed by atoms with Crippen molar-refractivity contribution in [1.82, 2.24) is 10.1 Å². The van der Waals surface area contributed by atoms with Gasteiger partial charge in [0.05, 0.1) is 33.0 Å². The van der Waals surface area contributed by atoms with Crippen LogP contribution in [-0.4, -0.2) is 63.5 Å². The predicted molar refractivity (Wildman–Crippen MR) is 120 cm³/mol. The average Bonchev–Trinajstić information content (AvgIpc) is 3.34. The molecule has 0 aliphatic carbocycles. The van der Waals surface area contributed by atoms with Crippen LogP contribution >= 0.6 is 0 Å². The highest BCUT2D eigenvalue weighted by Gasteiger charge is 2.20. The highest BCUT2D eigenvalue weighted by Crippen LogP contribution is 2.34. The fourth-order valence-electron chi connectivity index (χ4n) is 3.68. The van der Waals surface area contributed by atoms with Gasteiger partial charge in [-0.1, -0.05) is 17.3 Å². The van der Waals surface area contributed by atoms with E-state index in [4.69, 9.17) is 18.7 Å². The number of nitrogens with zero attached hydrogens (tertiary/aromatic N) is 3. The maximum atomic E-state index is 12.9. The van der Waals surface area contributed by atoms with Crippen LogP contribution in [0.15, 0.2) is 53.1 Å². The molecule has 0 N–H and O–H groups in total. The molecular weight excluding hydrogens is 410 g/mol. The number of carbonyl (C=O) groups is 1. The second-order valence-electron chi connectivity index (χ2n) is 7.57. The Bertz CT molecular complexity index is 1060. The molecule has 168 valence electrons. The summed E-state index contributed by atoms with van der Waals surface area (Å²) < 4.78 is 21.5. The van der Waals surface area contributed by atoms with Crippen LogP contribution in [0.3, 0.4) is 0 Å². The van der Waals surface area contributed by atoms with Crippen LogP contribution in [0.2, 0.25) is 0 Å². The number of rotatable bonds is 7. The summed E-state index contributed by atoms with van der Waals surface area (Å²) in [6.45, 7) is 3.75. The molecular formula is C24H27N3O5. The highest BCUT2D eigenvalue weighted by molar-refractivity contribution is 5.93. The van der Waals surface area contributed by atoms with Gasteiger partial charge < -0.3 is 28.5 Å². The minimum Gasteiger partial charge on any atom is -0.497 e. The molecule has 1 aliphatic rings. The van der Waals surface area contributed by atoms with E-state index >= 15 is 0 Å². The molecule has 1 fully saturated rings. The maximum Gasteiger partial charge on any atom is 0.276 e. The normalized spacial score (nSPS) is 13.7. The van der Waals surface area contributed by atoms with Crippen molar-refractivity contribution in [2.45, 2.75) is 6.54 Å². The molecule has 0 atom stereocenters. The Hall–Kier alpha value is -3.52. The maximum absolute atomic E-state index is 12.9. The minimum absolute atomic E-state index is 0.223. The second-order valence-corrected chi connectivity index (χ2v) is 7.57. The van der Waals surface area contributed by atoms with E-state index in [9.17, 15) is 4.79 Å². The summed E-state index contributed by atoms with van der Waals surface area (Å²) in [5, 5.41) is 3.98. The molecule has 2 aromatic carbocycles. The third-order valence-electron chi connectivity index (χ3n) is 5.48. The zero-order valence-corrected chi connectivity index (χ0v) is 18.5. The van der Waals surface area contributed by atoms with Gasteiger partial charge in [-0.15, -0.1) is 0 Å². The van der Waals surface area contributed by atoms with E-state index in [0.29, 0.717) is 29.4 Å². The lowest BCUT2D eigenvalue weighted by molar-refractivity contribution is 0.0775. The van der Waals surface area contributed by atoms with E-state index in [2.05, 4.69) is 22.2 Å². The van der Waals surface area contributed by atoms with Crippen molar-refractivity contribution in [1.29, 1.82) is 0 Å². The Kier molecular flexibility index (Phi) is 6.61.